The summed E-state index contributed by atoms with van der Waals surface area (Å²) in [7, 11) is 0. The second-order valence-electron chi connectivity index (χ2n) is 4.90. The molecule has 4 N–H and O–H groups in total. The number of fused-ring (bicyclic) bond motifs is 1. The highest BCUT2D eigenvalue weighted by atomic mass is 35.5. The summed E-state index contributed by atoms with van der Waals surface area (Å²) in [5, 5.41) is 20.5. The fraction of sp³-hybridized carbons (Fsp3) is 0. The molecular weight excluding hydrogens is 316 g/mol. The number of aromatic nitrogens is 5. The van der Waals surface area contributed by atoms with Crippen molar-refractivity contribution in [3.63, 3.8) is 0 Å². The molecule has 0 aliphatic heterocycles. The van der Waals surface area contributed by atoms with E-state index in [0.717, 1.165) is 5.56 Å². The quantitative estimate of drug-likeness (QED) is 0.432. The van der Waals surface area contributed by atoms with Gasteiger partial charge in [0.25, 0.3) is 0 Å². The number of aromatic hydroxyl groups is 1. The maximum absolute atomic E-state index is 9.83. The average Bonchev–Trinajstić information content (AvgIpc) is 3.12. The number of rotatable bonds is 3. The van der Waals surface area contributed by atoms with Crippen molar-refractivity contribution in [1.82, 2.24) is 25.1 Å². The van der Waals surface area contributed by atoms with Crippen LogP contribution in [0.5, 0.6) is 5.88 Å². The highest BCUT2D eigenvalue weighted by molar-refractivity contribution is 6.28. The summed E-state index contributed by atoms with van der Waals surface area (Å²) in [6.45, 7) is 0. The van der Waals surface area contributed by atoms with Gasteiger partial charge in [0, 0.05) is 17.8 Å². The van der Waals surface area contributed by atoms with Crippen LogP contribution in [0.3, 0.4) is 0 Å². The van der Waals surface area contributed by atoms with Gasteiger partial charge in [0.15, 0.2) is 5.82 Å². The molecule has 8 heteroatoms. The second-order valence-corrected chi connectivity index (χ2v) is 5.23. The zero-order valence-electron chi connectivity index (χ0n) is 11.7. The predicted octanol–water partition coefficient (Wildman–Crippen LogP) is 3.45. The van der Waals surface area contributed by atoms with Gasteiger partial charge >= 0.3 is 0 Å². The molecule has 0 spiro atoms. The predicted molar refractivity (Wildman–Crippen MR) is 87.9 cm³/mol. The Kier molecular flexibility index (Phi) is 3.13. The first-order chi connectivity index (χ1) is 11.2. The topological polar surface area (TPSA) is 103 Å². The van der Waals surface area contributed by atoms with Crippen LogP contribution < -0.4 is 5.32 Å². The van der Waals surface area contributed by atoms with Gasteiger partial charge < -0.3 is 15.4 Å². The number of aromatic amines is 2. The molecule has 0 fully saturated rings. The Balaban J connectivity index is 1.75. The minimum Gasteiger partial charge on any atom is -0.494 e. The van der Waals surface area contributed by atoms with E-state index in [0.29, 0.717) is 28.2 Å². The third-order valence-corrected chi connectivity index (χ3v) is 3.57. The van der Waals surface area contributed by atoms with Gasteiger partial charge in [0.1, 0.15) is 11.2 Å². The molecule has 0 saturated heterocycles. The van der Waals surface area contributed by atoms with E-state index in [-0.39, 0.29) is 11.2 Å². The summed E-state index contributed by atoms with van der Waals surface area (Å²) < 4.78 is 0. The minimum absolute atomic E-state index is 0.0275. The van der Waals surface area contributed by atoms with E-state index in [2.05, 4.69) is 30.5 Å². The lowest BCUT2D eigenvalue weighted by molar-refractivity contribution is 0.463. The van der Waals surface area contributed by atoms with Gasteiger partial charge in [0.2, 0.25) is 11.2 Å². The van der Waals surface area contributed by atoms with Crippen LogP contribution in [0, 0.1) is 0 Å². The maximum atomic E-state index is 9.83. The average molecular weight is 327 g/mol. The molecule has 114 valence electrons. The largest absolute Gasteiger partial charge is 0.494 e. The summed E-state index contributed by atoms with van der Waals surface area (Å²) in [5.41, 5.74) is 2.31. The summed E-state index contributed by atoms with van der Waals surface area (Å²) in [6, 6.07) is 11.4. The molecule has 0 saturated carbocycles. The first-order valence-electron chi connectivity index (χ1n) is 6.82. The Bertz CT molecular complexity index is 978. The normalized spacial score (nSPS) is 11.0. The van der Waals surface area contributed by atoms with Crippen molar-refractivity contribution in [3.05, 3.63) is 47.9 Å². The number of anilines is 2. The van der Waals surface area contributed by atoms with E-state index < -0.39 is 0 Å². The van der Waals surface area contributed by atoms with Gasteiger partial charge in [-0.3, -0.25) is 5.10 Å². The van der Waals surface area contributed by atoms with Gasteiger partial charge in [-0.1, -0.05) is 30.3 Å². The lowest BCUT2D eigenvalue weighted by Crippen LogP contribution is -1.97. The molecule has 0 bridgehead atoms. The molecule has 0 atom stereocenters. The number of nitrogens with one attached hydrogen (secondary N) is 3. The smallest absolute Gasteiger partial charge is 0.224 e. The lowest BCUT2D eigenvalue weighted by atomic mass is 10.1. The third-order valence-electron chi connectivity index (χ3n) is 3.40. The minimum atomic E-state index is 0.0275. The van der Waals surface area contributed by atoms with Crippen LogP contribution in [0.1, 0.15) is 0 Å². The number of halogens is 1. The van der Waals surface area contributed by atoms with Crippen molar-refractivity contribution in [2.24, 2.45) is 0 Å². The molecule has 3 heterocycles. The van der Waals surface area contributed by atoms with Crippen molar-refractivity contribution in [3.8, 4) is 17.1 Å². The Labute approximate surface area is 135 Å². The van der Waals surface area contributed by atoms with Crippen LogP contribution in [-0.2, 0) is 0 Å². The zero-order valence-corrected chi connectivity index (χ0v) is 12.5. The number of hydrogen-bond acceptors (Lipinski definition) is 5. The lowest BCUT2D eigenvalue weighted by Gasteiger charge is -2.06. The summed E-state index contributed by atoms with van der Waals surface area (Å²) in [5.74, 6) is 0.963. The van der Waals surface area contributed by atoms with Crippen LogP contribution in [0.4, 0.5) is 11.6 Å². The van der Waals surface area contributed by atoms with Gasteiger partial charge in [-0.15, -0.1) is 0 Å². The van der Waals surface area contributed by atoms with E-state index >= 15 is 0 Å². The molecule has 0 amide bonds. The van der Waals surface area contributed by atoms with Crippen LogP contribution in [0.2, 0.25) is 5.28 Å². The Morgan fingerprint density at radius 1 is 1.13 bits per heavy atom. The van der Waals surface area contributed by atoms with Gasteiger partial charge in [-0.05, 0) is 11.6 Å². The van der Waals surface area contributed by atoms with E-state index in [1.54, 1.807) is 12.3 Å². The van der Waals surface area contributed by atoms with Gasteiger partial charge in [0.05, 0.1) is 11.2 Å². The molecule has 1 aromatic carbocycles. The van der Waals surface area contributed by atoms with Crippen molar-refractivity contribution in [2.45, 2.75) is 0 Å². The van der Waals surface area contributed by atoms with E-state index in [1.165, 1.54) is 0 Å². The molecule has 7 nitrogen and oxygen atoms in total. The van der Waals surface area contributed by atoms with Crippen LogP contribution in [0.25, 0.3) is 22.2 Å². The number of hydrogen-bond donors (Lipinski definition) is 4. The maximum Gasteiger partial charge on any atom is 0.224 e. The van der Waals surface area contributed by atoms with Crippen molar-refractivity contribution < 1.29 is 5.11 Å². The SMILES string of the molecule is Oc1[nH]cc2[nH]nc(Nc3cc(-c4ccccc4)nc(Cl)n3)c12. The molecular formula is C15H11ClN6O. The fourth-order valence-corrected chi connectivity index (χ4v) is 2.54. The molecule has 0 radical (unpaired) electrons. The van der Waals surface area contributed by atoms with Gasteiger partial charge in [-0.2, -0.15) is 5.10 Å². The highest BCUT2D eigenvalue weighted by Gasteiger charge is 2.13. The molecule has 3 aromatic heterocycles. The van der Waals surface area contributed by atoms with Gasteiger partial charge in [-0.25, -0.2) is 9.97 Å². The summed E-state index contributed by atoms with van der Waals surface area (Å²) in [4.78, 5) is 11.1. The second kappa shape index (κ2) is 5.29. The van der Waals surface area contributed by atoms with E-state index in [4.69, 9.17) is 11.6 Å². The summed E-state index contributed by atoms with van der Waals surface area (Å²) >= 11 is 6.02. The van der Waals surface area contributed by atoms with E-state index in [9.17, 15) is 5.11 Å². The van der Waals surface area contributed by atoms with Crippen LogP contribution in [0.15, 0.2) is 42.6 Å². The van der Waals surface area contributed by atoms with Crippen molar-refractivity contribution in [1.29, 1.82) is 0 Å². The van der Waals surface area contributed by atoms with E-state index in [1.807, 2.05) is 30.3 Å². The van der Waals surface area contributed by atoms with Crippen molar-refractivity contribution >= 4 is 34.1 Å². The standard InChI is InChI=1S/C15H11ClN6O/c16-15-18-9(8-4-2-1-3-5-8)6-11(20-15)19-13-12-10(21-22-13)7-17-14(12)23/h1-7,17,21,23H,(H,18,19,20,22). The highest BCUT2D eigenvalue weighted by Crippen LogP contribution is 2.31. The monoisotopic (exact) mass is 326 g/mol. The molecule has 0 unspecified atom stereocenters. The number of H-pyrrole nitrogens is 2. The Morgan fingerprint density at radius 3 is 2.78 bits per heavy atom. The number of benzene rings is 1. The summed E-state index contributed by atoms with van der Waals surface area (Å²) in [6.07, 6.45) is 1.63. The molecule has 0 aliphatic carbocycles. The van der Waals surface area contributed by atoms with Crippen LogP contribution in [-0.4, -0.2) is 30.3 Å². The zero-order chi connectivity index (χ0) is 15.8. The third kappa shape index (κ3) is 2.47. The van der Waals surface area contributed by atoms with Crippen molar-refractivity contribution in [2.75, 3.05) is 5.32 Å². The van der Waals surface area contributed by atoms with Crippen LogP contribution >= 0.6 is 11.6 Å². The number of nitrogens with zero attached hydrogens (tertiary/aromatic N) is 3. The fourth-order valence-electron chi connectivity index (χ4n) is 2.36. The Hall–Kier alpha value is -3.06. The molecule has 4 rings (SSSR count). The first-order valence-corrected chi connectivity index (χ1v) is 7.20. The molecule has 0 aliphatic rings. The molecule has 4 aromatic rings. The first kappa shape index (κ1) is 13.6. The molecule has 23 heavy (non-hydrogen) atoms. The Morgan fingerprint density at radius 2 is 1.96 bits per heavy atom.